The quantitative estimate of drug-likeness (QED) is 0.495. The van der Waals surface area contributed by atoms with Crippen LogP contribution >= 0.6 is 0 Å². The van der Waals surface area contributed by atoms with Crippen molar-refractivity contribution in [2.24, 2.45) is 0 Å². The average molecular weight is 295 g/mol. The second-order valence-corrected chi connectivity index (χ2v) is 4.68. The number of rotatable bonds is 3. The first-order valence-corrected chi connectivity index (χ1v) is 6.87. The Balaban J connectivity index is 1.87. The van der Waals surface area contributed by atoms with E-state index in [9.17, 15) is 9.59 Å². The van der Waals surface area contributed by atoms with Gasteiger partial charge < -0.3 is 9.47 Å². The van der Waals surface area contributed by atoms with Gasteiger partial charge in [-0.1, -0.05) is 13.0 Å². The smallest absolute Gasteiger partial charge is 0.310 e. The molecule has 0 bridgehead atoms. The van der Waals surface area contributed by atoms with Crippen molar-refractivity contribution in [2.75, 3.05) is 0 Å². The van der Waals surface area contributed by atoms with Crippen LogP contribution in [-0.4, -0.2) is 16.7 Å². The molecule has 5 heteroatoms. The molecule has 2 heterocycles. The third kappa shape index (κ3) is 2.74. The summed E-state index contributed by atoms with van der Waals surface area (Å²) in [5.74, 6) is 0.390. The molecule has 1 aromatic heterocycles. The molecule has 0 amide bonds. The molecular weight excluding hydrogens is 282 g/mol. The van der Waals surface area contributed by atoms with Crippen LogP contribution in [-0.2, 0) is 4.79 Å². The van der Waals surface area contributed by atoms with Gasteiger partial charge in [-0.25, -0.2) is 0 Å². The van der Waals surface area contributed by atoms with E-state index in [1.54, 1.807) is 49.5 Å². The number of aromatic nitrogens is 1. The predicted octanol–water partition coefficient (Wildman–Crippen LogP) is 3.01. The first kappa shape index (κ1) is 14.0. The standard InChI is InChI=1S/C17H13NO4/c1-2-16(19)21-12-6-7-13-14(10-12)22-15(17(13)20)9-11-5-3-4-8-18-11/h3-10H,2H2,1H3/b15-9-. The molecule has 2 aromatic rings. The van der Waals surface area contributed by atoms with Crippen LogP contribution in [0.25, 0.3) is 6.08 Å². The van der Waals surface area contributed by atoms with E-state index in [1.165, 1.54) is 0 Å². The van der Waals surface area contributed by atoms with Crippen molar-refractivity contribution in [1.82, 2.24) is 4.98 Å². The second-order valence-electron chi connectivity index (χ2n) is 4.68. The minimum atomic E-state index is -0.339. The van der Waals surface area contributed by atoms with Gasteiger partial charge in [0.15, 0.2) is 5.76 Å². The molecule has 1 aromatic carbocycles. The monoisotopic (exact) mass is 295 g/mol. The number of carbonyl (C=O) groups excluding carboxylic acids is 2. The summed E-state index contributed by atoms with van der Waals surface area (Å²) in [5.41, 5.74) is 1.08. The van der Waals surface area contributed by atoms with Gasteiger partial charge in [0.05, 0.1) is 11.3 Å². The van der Waals surface area contributed by atoms with Gasteiger partial charge in [0.1, 0.15) is 11.5 Å². The highest BCUT2D eigenvalue weighted by molar-refractivity contribution is 6.14. The predicted molar refractivity (Wildman–Crippen MR) is 79.5 cm³/mol. The number of hydrogen-bond acceptors (Lipinski definition) is 5. The van der Waals surface area contributed by atoms with Crippen molar-refractivity contribution in [3.63, 3.8) is 0 Å². The Morgan fingerprint density at radius 1 is 1.32 bits per heavy atom. The van der Waals surface area contributed by atoms with E-state index in [0.717, 1.165) is 0 Å². The maximum Gasteiger partial charge on any atom is 0.310 e. The molecule has 0 fully saturated rings. The lowest BCUT2D eigenvalue weighted by Gasteiger charge is -2.03. The Hall–Kier alpha value is -2.95. The largest absolute Gasteiger partial charge is 0.452 e. The minimum Gasteiger partial charge on any atom is -0.452 e. The maximum absolute atomic E-state index is 12.3. The fourth-order valence-corrected chi connectivity index (χ4v) is 2.03. The van der Waals surface area contributed by atoms with Gasteiger partial charge in [0, 0.05) is 24.8 Å². The van der Waals surface area contributed by atoms with Crippen molar-refractivity contribution >= 4 is 17.8 Å². The van der Waals surface area contributed by atoms with Gasteiger partial charge in [-0.2, -0.15) is 0 Å². The zero-order chi connectivity index (χ0) is 15.5. The van der Waals surface area contributed by atoms with Gasteiger partial charge in [0.2, 0.25) is 5.78 Å². The molecule has 0 atom stereocenters. The van der Waals surface area contributed by atoms with Crippen LogP contribution in [0.3, 0.4) is 0 Å². The van der Waals surface area contributed by atoms with Gasteiger partial charge in [-0.3, -0.25) is 14.6 Å². The highest BCUT2D eigenvalue weighted by Crippen LogP contribution is 2.34. The fraction of sp³-hybridized carbons (Fsp3) is 0.118. The lowest BCUT2D eigenvalue weighted by atomic mass is 10.1. The molecule has 0 saturated heterocycles. The number of nitrogens with zero attached hydrogens (tertiary/aromatic N) is 1. The van der Waals surface area contributed by atoms with E-state index in [2.05, 4.69) is 4.98 Å². The number of ketones is 1. The van der Waals surface area contributed by atoms with E-state index in [-0.39, 0.29) is 23.9 Å². The van der Waals surface area contributed by atoms with Gasteiger partial charge in [0.25, 0.3) is 0 Å². The van der Waals surface area contributed by atoms with E-state index in [1.807, 2.05) is 6.07 Å². The van der Waals surface area contributed by atoms with Crippen LogP contribution < -0.4 is 9.47 Å². The summed E-state index contributed by atoms with van der Waals surface area (Å²) in [6.07, 6.45) is 3.50. The number of allylic oxidation sites excluding steroid dienone is 1. The highest BCUT2D eigenvalue weighted by atomic mass is 16.5. The lowest BCUT2D eigenvalue weighted by Crippen LogP contribution is -2.05. The number of Topliss-reactive ketones (excluding diaryl/α,β-unsaturated/α-hetero) is 1. The van der Waals surface area contributed by atoms with Crippen LogP contribution in [0.5, 0.6) is 11.5 Å². The van der Waals surface area contributed by atoms with Crippen molar-refractivity contribution in [2.45, 2.75) is 13.3 Å². The minimum absolute atomic E-state index is 0.202. The zero-order valence-electron chi connectivity index (χ0n) is 11.9. The molecule has 0 spiro atoms. The number of carbonyl (C=O) groups is 2. The van der Waals surface area contributed by atoms with Crippen molar-refractivity contribution in [3.8, 4) is 11.5 Å². The van der Waals surface area contributed by atoms with Gasteiger partial charge in [-0.15, -0.1) is 0 Å². The fourth-order valence-electron chi connectivity index (χ4n) is 2.03. The molecule has 1 aliphatic rings. The number of pyridine rings is 1. The average Bonchev–Trinajstić information content (AvgIpc) is 2.84. The normalized spacial score (nSPS) is 14.6. The Bertz CT molecular complexity index is 765. The van der Waals surface area contributed by atoms with Gasteiger partial charge in [-0.05, 0) is 24.3 Å². The lowest BCUT2D eigenvalue weighted by molar-refractivity contribution is -0.134. The molecule has 3 rings (SSSR count). The number of esters is 1. The second kappa shape index (κ2) is 5.81. The number of fused-ring (bicyclic) bond motifs is 1. The van der Waals surface area contributed by atoms with E-state index < -0.39 is 0 Å². The third-order valence-corrected chi connectivity index (χ3v) is 3.13. The molecule has 5 nitrogen and oxygen atoms in total. The van der Waals surface area contributed by atoms with Crippen LogP contribution in [0, 0.1) is 0 Å². The zero-order valence-corrected chi connectivity index (χ0v) is 11.9. The number of ether oxygens (including phenoxy) is 2. The first-order chi connectivity index (χ1) is 10.7. The number of hydrogen-bond donors (Lipinski definition) is 0. The molecule has 0 radical (unpaired) electrons. The first-order valence-electron chi connectivity index (χ1n) is 6.87. The van der Waals surface area contributed by atoms with Crippen molar-refractivity contribution in [3.05, 3.63) is 59.6 Å². The summed E-state index contributed by atoms with van der Waals surface area (Å²) < 4.78 is 10.7. The number of benzene rings is 1. The van der Waals surface area contributed by atoms with Crippen molar-refractivity contribution < 1.29 is 19.1 Å². The Kier molecular flexibility index (Phi) is 3.70. The summed E-state index contributed by atoms with van der Waals surface area (Å²) in [5, 5.41) is 0. The Labute approximate surface area is 127 Å². The summed E-state index contributed by atoms with van der Waals surface area (Å²) in [4.78, 5) is 27.7. The molecule has 1 aliphatic heterocycles. The molecular formula is C17H13NO4. The molecule has 0 aliphatic carbocycles. The molecule has 0 saturated carbocycles. The highest BCUT2D eigenvalue weighted by Gasteiger charge is 2.28. The maximum atomic E-state index is 12.3. The van der Waals surface area contributed by atoms with Gasteiger partial charge >= 0.3 is 5.97 Å². The summed E-state index contributed by atoms with van der Waals surface area (Å²) in [6.45, 7) is 1.71. The van der Waals surface area contributed by atoms with Crippen molar-refractivity contribution in [1.29, 1.82) is 0 Å². The molecule has 110 valence electrons. The van der Waals surface area contributed by atoms with Crippen LogP contribution in [0.4, 0.5) is 0 Å². The molecule has 0 unspecified atom stereocenters. The molecule has 0 N–H and O–H groups in total. The van der Waals surface area contributed by atoms with E-state index >= 15 is 0 Å². The van der Waals surface area contributed by atoms with E-state index in [4.69, 9.17) is 9.47 Å². The van der Waals surface area contributed by atoms with E-state index in [0.29, 0.717) is 22.8 Å². The third-order valence-electron chi connectivity index (χ3n) is 3.13. The van der Waals surface area contributed by atoms with Crippen LogP contribution in [0.15, 0.2) is 48.4 Å². The Morgan fingerprint density at radius 3 is 2.91 bits per heavy atom. The SMILES string of the molecule is CCC(=O)Oc1ccc2c(c1)O/C(=C\c1ccccn1)C2=O. The molecule has 22 heavy (non-hydrogen) atoms. The topological polar surface area (TPSA) is 65.5 Å². The Morgan fingerprint density at radius 2 is 2.18 bits per heavy atom. The summed E-state index contributed by atoms with van der Waals surface area (Å²) in [6, 6.07) is 10.1. The summed E-state index contributed by atoms with van der Waals surface area (Å²) in [7, 11) is 0. The summed E-state index contributed by atoms with van der Waals surface area (Å²) >= 11 is 0. The van der Waals surface area contributed by atoms with Crippen LogP contribution in [0.2, 0.25) is 0 Å². The van der Waals surface area contributed by atoms with Crippen LogP contribution in [0.1, 0.15) is 29.4 Å².